The first-order valence-electron chi connectivity index (χ1n) is 9.19. The lowest BCUT2D eigenvalue weighted by molar-refractivity contribution is 0.0951. The van der Waals surface area contributed by atoms with E-state index >= 15 is 0 Å². The summed E-state index contributed by atoms with van der Waals surface area (Å²) in [5.41, 5.74) is 0.468. The first-order valence-corrected chi connectivity index (χ1v) is 10.7. The maximum Gasteiger partial charge on any atom is 0.251 e. The molecule has 3 N–H and O–H groups in total. The zero-order valence-electron chi connectivity index (χ0n) is 15.6. The van der Waals surface area contributed by atoms with Crippen molar-refractivity contribution in [2.45, 2.75) is 25.2 Å². The molecule has 1 aromatic carbocycles. The van der Waals surface area contributed by atoms with Crippen molar-refractivity contribution in [2.24, 2.45) is 5.92 Å². The Morgan fingerprint density at radius 2 is 1.85 bits per heavy atom. The fourth-order valence-electron chi connectivity index (χ4n) is 2.69. The zero-order chi connectivity index (χ0) is 19.0. The van der Waals surface area contributed by atoms with E-state index in [1.807, 2.05) is 13.8 Å². The van der Waals surface area contributed by atoms with Gasteiger partial charge >= 0.3 is 0 Å². The van der Waals surface area contributed by atoms with E-state index in [2.05, 4.69) is 20.3 Å². The summed E-state index contributed by atoms with van der Waals surface area (Å²) in [7, 11) is -3.52. The van der Waals surface area contributed by atoms with Crippen LogP contribution in [0.25, 0.3) is 0 Å². The van der Waals surface area contributed by atoms with Gasteiger partial charge in [0.15, 0.2) is 0 Å². The van der Waals surface area contributed by atoms with Gasteiger partial charge in [0.05, 0.1) is 4.90 Å². The lowest BCUT2D eigenvalue weighted by atomic mass is 10.2. The smallest absolute Gasteiger partial charge is 0.251 e. The molecule has 1 aromatic rings. The van der Waals surface area contributed by atoms with E-state index in [0.717, 1.165) is 39.1 Å². The van der Waals surface area contributed by atoms with Crippen LogP contribution in [-0.2, 0) is 10.0 Å². The minimum atomic E-state index is -3.52. The predicted molar refractivity (Wildman–Crippen MR) is 103 cm³/mol. The number of amides is 1. The summed E-state index contributed by atoms with van der Waals surface area (Å²) in [4.78, 5) is 14.7. The van der Waals surface area contributed by atoms with E-state index in [1.165, 1.54) is 12.1 Å². The fraction of sp³-hybridized carbons (Fsp3) is 0.611. The minimum Gasteiger partial charge on any atom is -0.352 e. The Morgan fingerprint density at radius 3 is 2.46 bits per heavy atom. The van der Waals surface area contributed by atoms with Crippen molar-refractivity contribution in [3.63, 3.8) is 0 Å². The summed E-state index contributed by atoms with van der Waals surface area (Å²) in [6.07, 6.45) is 0.900. The molecule has 0 unspecified atom stereocenters. The summed E-state index contributed by atoms with van der Waals surface area (Å²) < 4.78 is 26.9. The van der Waals surface area contributed by atoms with Gasteiger partial charge in [-0.2, -0.15) is 0 Å². The SMILES string of the molecule is CC(C)CNS(=O)(=O)c1ccc(C(=O)NCCCN2CCNCC2)cc1. The van der Waals surface area contributed by atoms with Gasteiger partial charge in [0.1, 0.15) is 0 Å². The standard InChI is InChI=1S/C18H30N4O3S/c1-15(2)14-21-26(24,25)17-6-4-16(5-7-17)18(23)20-8-3-11-22-12-9-19-10-13-22/h4-7,15,19,21H,3,8-14H2,1-2H3,(H,20,23). The molecular weight excluding hydrogens is 352 g/mol. The van der Waals surface area contributed by atoms with Crippen LogP contribution in [0.4, 0.5) is 0 Å². The monoisotopic (exact) mass is 382 g/mol. The normalized spacial score (nSPS) is 16.0. The number of hydrogen-bond acceptors (Lipinski definition) is 5. The van der Waals surface area contributed by atoms with Crippen molar-refractivity contribution in [2.75, 3.05) is 45.8 Å². The highest BCUT2D eigenvalue weighted by molar-refractivity contribution is 7.89. The molecule has 1 amide bonds. The number of carbonyl (C=O) groups is 1. The average molecular weight is 383 g/mol. The first kappa shape index (κ1) is 20.8. The van der Waals surface area contributed by atoms with Crippen LogP contribution in [0, 0.1) is 5.92 Å². The van der Waals surface area contributed by atoms with E-state index in [4.69, 9.17) is 0 Å². The Balaban J connectivity index is 1.78. The van der Waals surface area contributed by atoms with Crippen molar-refractivity contribution in [3.8, 4) is 0 Å². The topological polar surface area (TPSA) is 90.5 Å². The molecule has 2 rings (SSSR count). The molecule has 0 radical (unpaired) electrons. The molecule has 0 spiro atoms. The van der Waals surface area contributed by atoms with Gasteiger partial charge in [-0.25, -0.2) is 13.1 Å². The molecule has 8 heteroatoms. The summed E-state index contributed by atoms with van der Waals surface area (Å²) >= 11 is 0. The van der Waals surface area contributed by atoms with Gasteiger partial charge in [-0.3, -0.25) is 4.79 Å². The van der Waals surface area contributed by atoms with E-state index in [9.17, 15) is 13.2 Å². The number of nitrogens with zero attached hydrogens (tertiary/aromatic N) is 1. The molecule has 0 atom stereocenters. The summed E-state index contributed by atoms with van der Waals surface area (Å²) in [6.45, 7) is 10.00. The Morgan fingerprint density at radius 1 is 1.19 bits per heavy atom. The predicted octanol–water partition coefficient (Wildman–Crippen LogP) is 0.646. The highest BCUT2D eigenvalue weighted by Gasteiger charge is 2.15. The van der Waals surface area contributed by atoms with Crippen LogP contribution in [0.1, 0.15) is 30.6 Å². The second-order valence-corrected chi connectivity index (χ2v) is 8.74. The van der Waals surface area contributed by atoms with Crippen LogP contribution in [0.3, 0.4) is 0 Å². The van der Waals surface area contributed by atoms with Gasteiger partial charge in [0, 0.05) is 44.8 Å². The molecular formula is C18H30N4O3S. The maximum atomic E-state index is 12.2. The molecule has 1 aliphatic heterocycles. The van der Waals surface area contributed by atoms with Gasteiger partial charge in [-0.1, -0.05) is 13.8 Å². The number of carbonyl (C=O) groups excluding carboxylic acids is 1. The number of hydrogen-bond donors (Lipinski definition) is 3. The fourth-order valence-corrected chi connectivity index (χ4v) is 3.90. The van der Waals surface area contributed by atoms with Gasteiger partial charge < -0.3 is 15.5 Å². The van der Waals surface area contributed by atoms with Crippen LogP contribution in [0.15, 0.2) is 29.2 Å². The Labute approximate surface area is 156 Å². The highest BCUT2D eigenvalue weighted by Crippen LogP contribution is 2.11. The molecule has 0 aromatic heterocycles. The van der Waals surface area contributed by atoms with E-state index in [1.54, 1.807) is 12.1 Å². The van der Waals surface area contributed by atoms with Crippen molar-refractivity contribution in [1.29, 1.82) is 0 Å². The number of nitrogens with one attached hydrogen (secondary N) is 3. The second-order valence-electron chi connectivity index (χ2n) is 6.97. The van der Waals surface area contributed by atoms with Crippen molar-refractivity contribution < 1.29 is 13.2 Å². The average Bonchev–Trinajstić information content (AvgIpc) is 2.64. The van der Waals surface area contributed by atoms with Crippen molar-refractivity contribution in [1.82, 2.24) is 20.3 Å². The molecule has 1 saturated heterocycles. The number of sulfonamides is 1. The third-order valence-electron chi connectivity index (χ3n) is 4.25. The minimum absolute atomic E-state index is 0.174. The van der Waals surface area contributed by atoms with Crippen LogP contribution >= 0.6 is 0 Å². The van der Waals surface area contributed by atoms with Crippen LogP contribution in [0.5, 0.6) is 0 Å². The van der Waals surface area contributed by atoms with E-state index in [-0.39, 0.29) is 16.7 Å². The lowest BCUT2D eigenvalue weighted by Gasteiger charge is -2.27. The van der Waals surface area contributed by atoms with Gasteiger partial charge in [-0.15, -0.1) is 0 Å². The van der Waals surface area contributed by atoms with Crippen LogP contribution in [-0.4, -0.2) is 65.0 Å². The first-order chi connectivity index (χ1) is 12.4. The largest absolute Gasteiger partial charge is 0.352 e. The molecule has 0 bridgehead atoms. The third kappa shape index (κ3) is 6.68. The van der Waals surface area contributed by atoms with Crippen molar-refractivity contribution in [3.05, 3.63) is 29.8 Å². The summed E-state index contributed by atoms with van der Waals surface area (Å²) in [5, 5.41) is 6.21. The molecule has 0 saturated carbocycles. The number of benzene rings is 1. The van der Waals surface area contributed by atoms with Gasteiger partial charge in [-0.05, 0) is 43.1 Å². The Kier molecular flexibility index (Phi) is 8.02. The van der Waals surface area contributed by atoms with E-state index in [0.29, 0.717) is 18.7 Å². The molecule has 0 aliphatic carbocycles. The van der Waals surface area contributed by atoms with Crippen LogP contribution in [0.2, 0.25) is 0 Å². The molecule has 146 valence electrons. The highest BCUT2D eigenvalue weighted by atomic mass is 32.2. The molecule has 1 heterocycles. The maximum absolute atomic E-state index is 12.2. The Hall–Kier alpha value is -1.48. The summed E-state index contributed by atoms with van der Waals surface area (Å²) in [6, 6.07) is 6.04. The molecule has 7 nitrogen and oxygen atoms in total. The third-order valence-corrected chi connectivity index (χ3v) is 5.69. The number of piperazine rings is 1. The molecule has 1 aliphatic rings. The summed E-state index contributed by atoms with van der Waals surface area (Å²) in [5.74, 6) is 0.0559. The number of rotatable bonds is 9. The van der Waals surface area contributed by atoms with E-state index < -0.39 is 10.0 Å². The zero-order valence-corrected chi connectivity index (χ0v) is 16.4. The quantitative estimate of drug-likeness (QED) is 0.546. The van der Waals surface area contributed by atoms with Crippen molar-refractivity contribution >= 4 is 15.9 Å². The van der Waals surface area contributed by atoms with Crippen LogP contribution < -0.4 is 15.4 Å². The molecule has 1 fully saturated rings. The lowest BCUT2D eigenvalue weighted by Crippen LogP contribution is -2.44. The second kappa shape index (κ2) is 10.0. The van der Waals surface area contributed by atoms with Gasteiger partial charge in [0.2, 0.25) is 10.0 Å². The molecule has 26 heavy (non-hydrogen) atoms. The van der Waals surface area contributed by atoms with Gasteiger partial charge in [0.25, 0.3) is 5.91 Å². The Bertz CT molecular complexity index is 668.